The van der Waals surface area contributed by atoms with E-state index in [1.54, 1.807) is 12.1 Å². The number of nitrogens with zero attached hydrogens (tertiary/aromatic N) is 1. The molecule has 6 heteroatoms. The highest BCUT2D eigenvalue weighted by Crippen LogP contribution is 2.32. The van der Waals surface area contributed by atoms with E-state index in [0.29, 0.717) is 27.3 Å². The molecule has 116 valence electrons. The molecule has 0 saturated carbocycles. The Hall–Kier alpha value is -0.970. The maximum Gasteiger partial charge on any atom is 0.241 e. The van der Waals surface area contributed by atoms with E-state index in [2.05, 4.69) is 17.1 Å². The second kappa shape index (κ2) is 6.86. The van der Waals surface area contributed by atoms with Crippen LogP contribution >= 0.6 is 23.2 Å². The minimum atomic E-state index is -0.201. The molecule has 1 aliphatic heterocycles. The van der Waals surface area contributed by atoms with Gasteiger partial charge in [-0.3, -0.25) is 9.69 Å². The van der Waals surface area contributed by atoms with Crippen molar-refractivity contribution in [2.24, 2.45) is 5.92 Å². The van der Waals surface area contributed by atoms with E-state index in [9.17, 15) is 4.79 Å². The Morgan fingerprint density at radius 1 is 1.52 bits per heavy atom. The summed E-state index contributed by atoms with van der Waals surface area (Å²) in [6, 6.07) is 2.95. The van der Waals surface area contributed by atoms with E-state index >= 15 is 0 Å². The third kappa shape index (κ3) is 3.82. The van der Waals surface area contributed by atoms with Crippen molar-refractivity contribution in [3.63, 3.8) is 0 Å². The molecule has 2 rings (SSSR count). The Balaban J connectivity index is 2.05. The number of nitrogens with one attached hydrogen (secondary N) is 1. The van der Waals surface area contributed by atoms with E-state index in [-0.39, 0.29) is 11.9 Å². The van der Waals surface area contributed by atoms with Crippen molar-refractivity contribution in [3.05, 3.63) is 22.2 Å². The summed E-state index contributed by atoms with van der Waals surface area (Å²) in [5, 5.41) is 3.63. The first-order valence-electron chi connectivity index (χ1n) is 7.21. The molecule has 3 N–H and O–H groups in total. The molecule has 1 aromatic carbocycles. The van der Waals surface area contributed by atoms with Crippen LogP contribution in [0.4, 0.5) is 11.4 Å². The molecule has 1 aliphatic rings. The van der Waals surface area contributed by atoms with Crippen molar-refractivity contribution in [1.29, 1.82) is 0 Å². The first-order chi connectivity index (χ1) is 9.92. The second-order valence-electron chi connectivity index (χ2n) is 5.57. The maximum atomic E-state index is 12.4. The van der Waals surface area contributed by atoms with Crippen molar-refractivity contribution in [3.8, 4) is 0 Å². The van der Waals surface area contributed by atoms with E-state index in [4.69, 9.17) is 28.9 Å². The second-order valence-corrected chi connectivity index (χ2v) is 6.42. The molecule has 4 nitrogen and oxygen atoms in total. The number of hydrogen-bond acceptors (Lipinski definition) is 3. The highest BCUT2D eigenvalue weighted by atomic mass is 35.5. The van der Waals surface area contributed by atoms with Crippen molar-refractivity contribution in [2.45, 2.75) is 32.7 Å². The van der Waals surface area contributed by atoms with Crippen LogP contribution in [0.5, 0.6) is 0 Å². The largest absolute Gasteiger partial charge is 0.397 e. The number of hydrogen-bond donors (Lipinski definition) is 2. The van der Waals surface area contributed by atoms with Crippen LogP contribution in [0.15, 0.2) is 12.1 Å². The van der Waals surface area contributed by atoms with Gasteiger partial charge in [0.2, 0.25) is 5.91 Å². The normalized spacial score (nSPS) is 20.5. The minimum Gasteiger partial charge on any atom is -0.397 e. The van der Waals surface area contributed by atoms with Crippen LogP contribution in [0.25, 0.3) is 0 Å². The first kappa shape index (κ1) is 16.4. The summed E-state index contributed by atoms with van der Waals surface area (Å²) in [5.74, 6) is 0.590. The van der Waals surface area contributed by atoms with Gasteiger partial charge in [0.05, 0.1) is 22.4 Å². The van der Waals surface area contributed by atoms with Gasteiger partial charge in [0.1, 0.15) is 0 Å². The van der Waals surface area contributed by atoms with Gasteiger partial charge in [0, 0.05) is 11.6 Å². The lowest BCUT2D eigenvalue weighted by Crippen LogP contribution is -2.40. The number of amides is 1. The molecular formula is C15H21Cl2N3O. The Morgan fingerprint density at radius 2 is 2.24 bits per heavy atom. The molecular weight excluding hydrogens is 309 g/mol. The molecule has 1 saturated heterocycles. The predicted molar refractivity (Wildman–Crippen MR) is 88.9 cm³/mol. The molecule has 0 aliphatic carbocycles. The topological polar surface area (TPSA) is 58.4 Å². The summed E-state index contributed by atoms with van der Waals surface area (Å²) < 4.78 is 0. The fraction of sp³-hybridized carbons (Fsp3) is 0.533. The number of nitrogens with two attached hydrogens (primary N) is 1. The SMILES string of the molecule is CCC1CCN(C(C)C(=O)Nc2c(N)cc(Cl)cc2Cl)C1. The number of carbonyl (C=O) groups is 1. The summed E-state index contributed by atoms with van der Waals surface area (Å²) in [6.07, 6.45) is 2.30. The number of halogens is 2. The Labute approximate surface area is 135 Å². The molecule has 1 aromatic rings. The van der Waals surface area contributed by atoms with E-state index in [1.165, 1.54) is 0 Å². The maximum absolute atomic E-state index is 12.4. The fourth-order valence-electron chi connectivity index (χ4n) is 2.67. The first-order valence-corrected chi connectivity index (χ1v) is 7.97. The average Bonchev–Trinajstić information content (AvgIpc) is 2.90. The Kier molecular flexibility index (Phi) is 5.36. The minimum absolute atomic E-state index is 0.0947. The molecule has 0 aromatic heterocycles. The van der Waals surface area contributed by atoms with Crippen molar-refractivity contribution >= 4 is 40.5 Å². The molecule has 1 fully saturated rings. The van der Waals surface area contributed by atoms with Gasteiger partial charge in [0.15, 0.2) is 0 Å². The molecule has 2 unspecified atom stereocenters. The summed E-state index contributed by atoms with van der Waals surface area (Å²) in [4.78, 5) is 14.6. The fourth-order valence-corrected chi connectivity index (χ4v) is 3.22. The number of rotatable bonds is 4. The van der Waals surface area contributed by atoms with Gasteiger partial charge in [-0.15, -0.1) is 0 Å². The van der Waals surface area contributed by atoms with Crippen LogP contribution in [0, 0.1) is 5.92 Å². The number of benzene rings is 1. The average molecular weight is 330 g/mol. The number of likely N-dealkylation sites (tertiary alicyclic amines) is 1. The highest BCUT2D eigenvalue weighted by Gasteiger charge is 2.29. The lowest BCUT2D eigenvalue weighted by atomic mass is 10.1. The van der Waals surface area contributed by atoms with Crippen LogP contribution in [0.3, 0.4) is 0 Å². The zero-order chi connectivity index (χ0) is 15.6. The van der Waals surface area contributed by atoms with Crippen molar-refractivity contribution in [2.75, 3.05) is 24.1 Å². The van der Waals surface area contributed by atoms with Crippen LogP contribution in [0.2, 0.25) is 10.0 Å². The van der Waals surface area contributed by atoms with Crippen LogP contribution in [-0.2, 0) is 4.79 Å². The standard InChI is InChI=1S/C15H21Cl2N3O/c1-3-10-4-5-20(8-10)9(2)15(21)19-14-12(17)6-11(16)7-13(14)18/h6-7,9-10H,3-5,8,18H2,1-2H3,(H,19,21). The lowest BCUT2D eigenvalue weighted by Gasteiger charge is -2.24. The Bertz CT molecular complexity index is 513. The number of nitrogen functional groups attached to an aromatic ring is 1. The third-order valence-corrected chi connectivity index (χ3v) is 4.67. The van der Waals surface area contributed by atoms with Crippen molar-refractivity contribution < 1.29 is 4.79 Å². The quantitative estimate of drug-likeness (QED) is 0.829. The van der Waals surface area contributed by atoms with Gasteiger partial charge in [-0.2, -0.15) is 0 Å². The molecule has 0 radical (unpaired) electrons. The van der Waals surface area contributed by atoms with Crippen LogP contribution < -0.4 is 11.1 Å². The molecule has 0 bridgehead atoms. The van der Waals surface area contributed by atoms with E-state index < -0.39 is 0 Å². The molecule has 21 heavy (non-hydrogen) atoms. The third-order valence-electron chi connectivity index (χ3n) is 4.16. The van der Waals surface area contributed by atoms with Gasteiger partial charge in [-0.1, -0.05) is 36.5 Å². The number of anilines is 2. The smallest absolute Gasteiger partial charge is 0.241 e. The van der Waals surface area contributed by atoms with Gasteiger partial charge in [-0.05, 0) is 37.9 Å². The zero-order valence-corrected chi connectivity index (χ0v) is 13.8. The van der Waals surface area contributed by atoms with Crippen LogP contribution in [0.1, 0.15) is 26.7 Å². The highest BCUT2D eigenvalue weighted by molar-refractivity contribution is 6.37. The van der Waals surface area contributed by atoms with Gasteiger partial charge < -0.3 is 11.1 Å². The summed E-state index contributed by atoms with van der Waals surface area (Å²) in [5.41, 5.74) is 6.68. The summed E-state index contributed by atoms with van der Waals surface area (Å²) in [7, 11) is 0. The summed E-state index contributed by atoms with van der Waals surface area (Å²) >= 11 is 12.0. The van der Waals surface area contributed by atoms with Crippen LogP contribution in [-0.4, -0.2) is 29.9 Å². The molecule has 2 atom stereocenters. The predicted octanol–water partition coefficient (Wildman–Crippen LogP) is 3.63. The monoisotopic (exact) mass is 329 g/mol. The zero-order valence-electron chi connectivity index (χ0n) is 12.3. The number of carbonyl (C=O) groups excluding carboxylic acids is 1. The van der Waals surface area contributed by atoms with Gasteiger partial charge in [0.25, 0.3) is 0 Å². The molecule has 1 heterocycles. The van der Waals surface area contributed by atoms with Gasteiger partial charge in [-0.25, -0.2) is 0 Å². The molecule has 0 spiro atoms. The molecule has 1 amide bonds. The van der Waals surface area contributed by atoms with Gasteiger partial charge >= 0.3 is 0 Å². The summed E-state index contributed by atoms with van der Waals surface area (Å²) in [6.45, 7) is 6.02. The van der Waals surface area contributed by atoms with E-state index in [1.807, 2.05) is 6.92 Å². The Morgan fingerprint density at radius 3 is 2.81 bits per heavy atom. The van der Waals surface area contributed by atoms with E-state index in [0.717, 1.165) is 25.9 Å². The van der Waals surface area contributed by atoms with Crippen molar-refractivity contribution in [1.82, 2.24) is 4.90 Å². The lowest BCUT2D eigenvalue weighted by molar-refractivity contribution is -0.120.